The van der Waals surface area contributed by atoms with Gasteiger partial charge in [-0.1, -0.05) is 0 Å². The van der Waals surface area contributed by atoms with E-state index in [0.717, 1.165) is 48.4 Å². The molecule has 1 aromatic heterocycles. The zero-order valence-corrected chi connectivity index (χ0v) is 14.4. The Balaban J connectivity index is 1.65. The first-order chi connectivity index (χ1) is 12.2. The fourth-order valence-electron chi connectivity index (χ4n) is 3.19. The van der Waals surface area contributed by atoms with Crippen LogP contribution >= 0.6 is 0 Å². The van der Waals surface area contributed by atoms with Crippen molar-refractivity contribution in [3.05, 3.63) is 42.0 Å². The number of carbonyl (C=O) groups excluding carboxylic acids is 1. The van der Waals surface area contributed by atoms with E-state index < -0.39 is 0 Å². The highest BCUT2D eigenvalue weighted by Crippen LogP contribution is 2.35. The summed E-state index contributed by atoms with van der Waals surface area (Å²) >= 11 is 0. The number of carbonyl (C=O) groups is 1. The molecule has 25 heavy (non-hydrogen) atoms. The Labute approximate surface area is 147 Å². The third-order valence-corrected chi connectivity index (χ3v) is 4.68. The van der Waals surface area contributed by atoms with E-state index in [0.29, 0.717) is 12.6 Å². The predicted molar refractivity (Wildman–Crippen MR) is 101 cm³/mol. The van der Waals surface area contributed by atoms with Crippen molar-refractivity contribution in [3.63, 3.8) is 0 Å². The van der Waals surface area contributed by atoms with Crippen LogP contribution < -0.4 is 15.5 Å². The maximum Gasteiger partial charge on any atom is 0.322 e. The molecule has 2 aromatic rings. The molecule has 4 rings (SSSR count). The molecule has 0 atom stereocenters. The summed E-state index contributed by atoms with van der Waals surface area (Å²) in [6.45, 7) is 3.55. The van der Waals surface area contributed by atoms with Crippen molar-refractivity contribution in [1.82, 2.24) is 15.3 Å². The van der Waals surface area contributed by atoms with Gasteiger partial charge in [-0.2, -0.15) is 0 Å². The number of benzene rings is 1. The lowest BCUT2D eigenvalue weighted by Crippen LogP contribution is -2.41. The summed E-state index contributed by atoms with van der Waals surface area (Å²) in [5.74, 6) is 0. The van der Waals surface area contributed by atoms with Crippen molar-refractivity contribution in [2.75, 3.05) is 23.3 Å². The van der Waals surface area contributed by atoms with E-state index in [4.69, 9.17) is 0 Å². The summed E-state index contributed by atoms with van der Waals surface area (Å²) in [4.78, 5) is 21.6. The number of hydrogen-bond acceptors (Lipinski definition) is 3. The maximum atomic E-state index is 12.5. The molecule has 6 nitrogen and oxygen atoms in total. The molecule has 0 unspecified atom stereocenters. The first-order valence-electron chi connectivity index (χ1n) is 8.90. The number of rotatable bonds is 4. The largest absolute Gasteiger partial charge is 0.384 e. The Hall–Kier alpha value is -2.76. The number of amides is 2. The van der Waals surface area contributed by atoms with E-state index in [-0.39, 0.29) is 6.03 Å². The van der Waals surface area contributed by atoms with Gasteiger partial charge in [0.1, 0.15) is 0 Å². The van der Waals surface area contributed by atoms with E-state index in [1.54, 1.807) is 11.2 Å². The van der Waals surface area contributed by atoms with Gasteiger partial charge in [0, 0.05) is 42.3 Å². The normalized spacial score (nSPS) is 17.7. The van der Waals surface area contributed by atoms with Crippen LogP contribution in [0.2, 0.25) is 0 Å². The van der Waals surface area contributed by atoms with Gasteiger partial charge in [-0.05, 0) is 56.0 Å². The number of urea groups is 1. The molecular weight excluding hydrogens is 314 g/mol. The first-order valence-corrected chi connectivity index (χ1v) is 8.90. The number of aromatic amines is 1. The fraction of sp³-hybridized carbons (Fsp3) is 0.368. The lowest BCUT2D eigenvalue weighted by molar-refractivity contribution is 0.246. The molecule has 1 fully saturated rings. The fourth-order valence-corrected chi connectivity index (χ4v) is 3.19. The van der Waals surface area contributed by atoms with Crippen LogP contribution in [0.3, 0.4) is 0 Å². The molecule has 0 radical (unpaired) electrons. The number of H-pyrrole nitrogens is 1. The standard InChI is InChI=1S/C19H23N5O/c1-2-24(19(25)23-14-3-4-14)16-5-6-18-17(10-16)13(7-8-21-18)9-15-11-20-12-22-15/h5-6,9-12,14,21H,2-4,7-8H2,1H3,(H,20,22)(H,23,25)/b13-9+. The Morgan fingerprint density at radius 3 is 3.04 bits per heavy atom. The molecule has 2 aliphatic rings. The monoisotopic (exact) mass is 337 g/mol. The van der Waals surface area contributed by atoms with Crippen LogP contribution in [-0.2, 0) is 0 Å². The van der Waals surface area contributed by atoms with Crippen molar-refractivity contribution in [2.24, 2.45) is 0 Å². The highest BCUT2D eigenvalue weighted by atomic mass is 16.2. The number of fused-ring (bicyclic) bond motifs is 1. The highest BCUT2D eigenvalue weighted by molar-refractivity contribution is 5.95. The third kappa shape index (κ3) is 3.38. The van der Waals surface area contributed by atoms with Gasteiger partial charge in [0.2, 0.25) is 0 Å². The number of nitrogens with one attached hydrogen (secondary N) is 3. The van der Waals surface area contributed by atoms with E-state index in [1.807, 2.05) is 19.2 Å². The molecule has 1 aromatic carbocycles. The number of nitrogens with zero attached hydrogens (tertiary/aromatic N) is 2. The molecule has 1 aliphatic carbocycles. The molecule has 0 bridgehead atoms. The van der Waals surface area contributed by atoms with Crippen LogP contribution in [0.1, 0.15) is 37.4 Å². The number of imidazole rings is 1. The van der Waals surface area contributed by atoms with Crippen molar-refractivity contribution in [2.45, 2.75) is 32.2 Å². The SMILES string of the molecule is CCN(C(=O)NC1CC1)c1ccc2c(c1)/C(=C/c1c[nH]cn1)CCN2. The second-order valence-corrected chi connectivity index (χ2v) is 6.54. The van der Waals surface area contributed by atoms with Crippen LogP contribution in [0.4, 0.5) is 16.2 Å². The van der Waals surface area contributed by atoms with Crippen LogP contribution in [0.25, 0.3) is 11.6 Å². The van der Waals surface area contributed by atoms with Gasteiger partial charge < -0.3 is 15.6 Å². The van der Waals surface area contributed by atoms with Gasteiger partial charge in [0.05, 0.1) is 12.0 Å². The smallest absolute Gasteiger partial charge is 0.322 e. The second kappa shape index (κ2) is 6.63. The summed E-state index contributed by atoms with van der Waals surface area (Å²) in [7, 11) is 0. The van der Waals surface area contributed by atoms with E-state index in [2.05, 4.69) is 38.8 Å². The molecule has 3 N–H and O–H groups in total. The minimum absolute atomic E-state index is 0.00782. The zero-order chi connectivity index (χ0) is 17.2. The lowest BCUT2D eigenvalue weighted by atomic mass is 9.95. The molecule has 0 saturated heterocycles. The first kappa shape index (κ1) is 15.7. The number of aromatic nitrogens is 2. The second-order valence-electron chi connectivity index (χ2n) is 6.54. The lowest BCUT2D eigenvalue weighted by Gasteiger charge is -2.26. The Morgan fingerprint density at radius 2 is 2.32 bits per heavy atom. The Kier molecular flexibility index (Phi) is 4.17. The van der Waals surface area contributed by atoms with Crippen molar-refractivity contribution >= 4 is 29.1 Å². The summed E-state index contributed by atoms with van der Waals surface area (Å²) in [6.07, 6.45) is 8.80. The van der Waals surface area contributed by atoms with Crippen LogP contribution in [0, 0.1) is 0 Å². The Morgan fingerprint density at radius 1 is 1.44 bits per heavy atom. The average molecular weight is 337 g/mol. The van der Waals surface area contributed by atoms with Gasteiger partial charge in [-0.3, -0.25) is 4.90 Å². The quantitative estimate of drug-likeness (QED) is 0.800. The van der Waals surface area contributed by atoms with Crippen LogP contribution in [-0.4, -0.2) is 35.1 Å². The van der Waals surface area contributed by atoms with E-state index in [1.165, 1.54) is 5.57 Å². The number of hydrogen-bond donors (Lipinski definition) is 3. The molecule has 2 heterocycles. The van der Waals surface area contributed by atoms with Crippen molar-refractivity contribution in [1.29, 1.82) is 0 Å². The Bertz CT molecular complexity index is 792. The molecule has 1 aliphatic heterocycles. The minimum Gasteiger partial charge on any atom is -0.384 e. The maximum absolute atomic E-state index is 12.5. The van der Waals surface area contributed by atoms with Crippen molar-refractivity contribution in [3.8, 4) is 0 Å². The van der Waals surface area contributed by atoms with Crippen LogP contribution in [0.15, 0.2) is 30.7 Å². The molecule has 6 heteroatoms. The highest BCUT2D eigenvalue weighted by Gasteiger charge is 2.26. The molecule has 0 spiro atoms. The summed E-state index contributed by atoms with van der Waals surface area (Å²) in [5.41, 5.74) is 5.34. The van der Waals surface area contributed by atoms with Gasteiger partial charge in [0.15, 0.2) is 0 Å². The summed E-state index contributed by atoms with van der Waals surface area (Å²) in [6, 6.07) is 6.53. The van der Waals surface area contributed by atoms with E-state index in [9.17, 15) is 4.79 Å². The van der Waals surface area contributed by atoms with Crippen LogP contribution in [0.5, 0.6) is 0 Å². The number of anilines is 2. The minimum atomic E-state index is -0.00782. The predicted octanol–water partition coefficient (Wildman–Crippen LogP) is 3.46. The average Bonchev–Trinajstić information content (AvgIpc) is 3.28. The molecular formula is C19H23N5O. The summed E-state index contributed by atoms with van der Waals surface area (Å²) in [5, 5.41) is 6.51. The summed E-state index contributed by atoms with van der Waals surface area (Å²) < 4.78 is 0. The van der Waals surface area contributed by atoms with Crippen molar-refractivity contribution < 1.29 is 4.79 Å². The topological polar surface area (TPSA) is 73.0 Å². The molecule has 2 amide bonds. The van der Waals surface area contributed by atoms with Gasteiger partial charge in [-0.15, -0.1) is 0 Å². The zero-order valence-electron chi connectivity index (χ0n) is 14.4. The molecule has 1 saturated carbocycles. The molecule has 130 valence electrons. The van der Waals surface area contributed by atoms with E-state index >= 15 is 0 Å². The van der Waals surface area contributed by atoms with Gasteiger partial charge >= 0.3 is 6.03 Å². The van der Waals surface area contributed by atoms with Gasteiger partial charge in [0.25, 0.3) is 0 Å². The third-order valence-electron chi connectivity index (χ3n) is 4.68. The van der Waals surface area contributed by atoms with Gasteiger partial charge in [-0.25, -0.2) is 9.78 Å².